The fourth-order valence-corrected chi connectivity index (χ4v) is 3.74. The summed E-state index contributed by atoms with van der Waals surface area (Å²) in [5, 5.41) is 10.8. The third-order valence-corrected chi connectivity index (χ3v) is 4.99. The predicted molar refractivity (Wildman–Crippen MR) is 107 cm³/mol. The third kappa shape index (κ3) is 4.14. The molecule has 5 nitrogen and oxygen atoms in total. The number of carbonyl (C=O) groups is 1. The Balaban J connectivity index is 1.73. The van der Waals surface area contributed by atoms with E-state index in [0.717, 1.165) is 22.0 Å². The van der Waals surface area contributed by atoms with Crippen LogP contribution in [-0.2, 0) is 16.8 Å². The lowest BCUT2D eigenvalue weighted by Crippen LogP contribution is -2.27. The molecule has 1 N–H and O–H groups in total. The first-order valence-corrected chi connectivity index (χ1v) is 9.56. The molecule has 1 aromatic carbocycles. The molecule has 0 saturated carbocycles. The van der Waals surface area contributed by atoms with E-state index in [9.17, 15) is 4.79 Å². The fourth-order valence-electron chi connectivity index (χ4n) is 2.60. The van der Waals surface area contributed by atoms with Crippen LogP contribution in [0.1, 0.15) is 32.2 Å². The van der Waals surface area contributed by atoms with Gasteiger partial charge in [0.15, 0.2) is 0 Å². The molecule has 0 bridgehead atoms. The van der Waals surface area contributed by atoms with Gasteiger partial charge in [-0.3, -0.25) is 4.79 Å². The summed E-state index contributed by atoms with van der Waals surface area (Å²) in [7, 11) is 0. The number of anilines is 1. The second kappa shape index (κ2) is 7.21. The molecule has 0 aliphatic heterocycles. The smallest absolute Gasteiger partial charge is 0.231 e. The van der Waals surface area contributed by atoms with Crippen molar-refractivity contribution < 1.29 is 4.79 Å². The van der Waals surface area contributed by atoms with Crippen LogP contribution in [0, 0.1) is 6.92 Å². The van der Waals surface area contributed by atoms with Gasteiger partial charge in [0.2, 0.25) is 5.91 Å². The summed E-state index contributed by atoms with van der Waals surface area (Å²) in [6.07, 6.45) is 0.204. The lowest BCUT2D eigenvalue weighted by atomic mass is 10.1. The molecule has 3 aromatic rings. The SMILES string of the molecule is Cc1cc(NC(=O)Cc2csc(-c3ccccc3Cl)n2)n(C(C)(C)C)n1. The van der Waals surface area contributed by atoms with Gasteiger partial charge < -0.3 is 5.32 Å². The zero-order chi connectivity index (χ0) is 18.9. The Hall–Kier alpha value is -2.18. The Kier molecular flexibility index (Phi) is 5.16. The number of aromatic nitrogens is 3. The lowest BCUT2D eigenvalue weighted by Gasteiger charge is -2.22. The Labute approximate surface area is 162 Å². The summed E-state index contributed by atoms with van der Waals surface area (Å²) in [6.45, 7) is 8.05. The van der Waals surface area contributed by atoms with Crippen LogP contribution in [-0.4, -0.2) is 20.7 Å². The first-order valence-electron chi connectivity index (χ1n) is 8.30. The van der Waals surface area contributed by atoms with E-state index in [1.165, 1.54) is 11.3 Å². The number of benzene rings is 1. The van der Waals surface area contributed by atoms with Crippen LogP contribution in [0.15, 0.2) is 35.7 Å². The number of nitrogens with one attached hydrogen (secondary N) is 1. The van der Waals surface area contributed by atoms with E-state index in [2.05, 4.69) is 15.4 Å². The molecule has 0 fully saturated rings. The van der Waals surface area contributed by atoms with Crippen LogP contribution in [0.2, 0.25) is 5.02 Å². The van der Waals surface area contributed by atoms with Gasteiger partial charge in [0.1, 0.15) is 10.8 Å². The number of hydrogen-bond acceptors (Lipinski definition) is 4. The molecule has 0 spiro atoms. The Morgan fingerprint density at radius 2 is 2.04 bits per heavy atom. The van der Waals surface area contributed by atoms with Crippen molar-refractivity contribution in [2.45, 2.75) is 39.7 Å². The van der Waals surface area contributed by atoms with E-state index in [4.69, 9.17) is 11.6 Å². The van der Waals surface area contributed by atoms with E-state index in [0.29, 0.717) is 10.8 Å². The average molecular weight is 389 g/mol. The molecule has 7 heteroatoms. The third-order valence-electron chi connectivity index (χ3n) is 3.73. The van der Waals surface area contributed by atoms with Gasteiger partial charge in [-0.05, 0) is 33.8 Å². The number of hydrogen-bond donors (Lipinski definition) is 1. The first kappa shape index (κ1) is 18.6. The average Bonchev–Trinajstić information content (AvgIpc) is 3.14. The number of nitrogens with zero attached hydrogens (tertiary/aromatic N) is 3. The van der Waals surface area contributed by atoms with Gasteiger partial charge >= 0.3 is 0 Å². The Morgan fingerprint density at radius 3 is 2.73 bits per heavy atom. The zero-order valence-corrected chi connectivity index (χ0v) is 16.8. The predicted octanol–water partition coefficient (Wildman–Crippen LogP) is 4.90. The molecule has 0 atom stereocenters. The summed E-state index contributed by atoms with van der Waals surface area (Å²) in [4.78, 5) is 17.0. The highest BCUT2D eigenvalue weighted by molar-refractivity contribution is 7.13. The van der Waals surface area contributed by atoms with Crippen LogP contribution in [0.5, 0.6) is 0 Å². The highest BCUT2D eigenvalue weighted by Crippen LogP contribution is 2.30. The minimum absolute atomic E-state index is 0.119. The van der Waals surface area contributed by atoms with Crippen molar-refractivity contribution in [2.24, 2.45) is 0 Å². The fraction of sp³-hybridized carbons (Fsp3) is 0.316. The minimum Gasteiger partial charge on any atom is -0.311 e. The van der Waals surface area contributed by atoms with Crippen molar-refractivity contribution in [1.82, 2.24) is 14.8 Å². The number of aryl methyl sites for hydroxylation is 1. The van der Waals surface area contributed by atoms with Gasteiger partial charge in [0, 0.05) is 17.0 Å². The molecule has 136 valence electrons. The van der Waals surface area contributed by atoms with Crippen LogP contribution < -0.4 is 5.32 Å². The lowest BCUT2D eigenvalue weighted by molar-refractivity contribution is -0.115. The largest absolute Gasteiger partial charge is 0.311 e. The van der Waals surface area contributed by atoms with E-state index in [1.54, 1.807) is 0 Å². The molecule has 0 unspecified atom stereocenters. The molecule has 26 heavy (non-hydrogen) atoms. The number of carbonyl (C=O) groups excluding carboxylic acids is 1. The second-order valence-corrected chi connectivity index (χ2v) is 8.37. The summed E-state index contributed by atoms with van der Waals surface area (Å²) in [6, 6.07) is 9.44. The maximum absolute atomic E-state index is 12.5. The highest BCUT2D eigenvalue weighted by Gasteiger charge is 2.20. The molecule has 2 aromatic heterocycles. The van der Waals surface area contributed by atoms with Gasteiger partial charge in [-0.15, -0.1) is 11.3 Å². The Bertz CT molecular complexity index is 939. The molecular weight excluding hydrogens is 368 g/mol. The van der Waals surface area contributed by atoms with E-state index < -0.39 is 0 Å². The molecule has 0 aliphatic rings. The summed E-state index contributed by atoms with van der Waals surface area (Å²) in [5.74, 6) is 0.577. The zero-order valence-electron chi connectivity index (χ0n) is 15.2. The first-order chi connectivity index (χ1) is 12.2. The standard InChI is InChI=1S/C19H21ClN4OS/c1-12-9-16(24(23-12)19(2,3)4)22-17(25)10-13-11-26-18(21-13)14-7-5-6-8-15(14)20/h5-9,11H,10H2,1-4H3,(H,22,25). The van der Waals surface area contributed by atoms with Crippen molar-refractivity contribution in [3.63, 3.8) is 0 Å². The van der Waals surface area contributed by atoms with Gasteiger partial charge in [-0.25, -0.2) is 9.67 Å². The quantitative estimate of drug-likeness (QED) is 0.691. The van der Waals surface area contributed by atoms with Crippen molar-refractivity contribution in [2.75, 3.05) is 5.32 Å². The molecular formula is C19H21ClN4OS. The Morgan fingerprint density at radius 1 is 1.31 bits per heavy atom. The van der Waals surface area contributed by atoms with Crippen molar-refractivity contribution >= 4 is 34.7 Å². The summed E-state index contributed by atoms with van der Waals surface area (Å²) >= 11 is 7.70. The maximum Gasteiger partial charge on any atom is 0.231 e. The van der Waals surface area contributed by atoms with Crippen LogP contribution in [0.25, 0.3) is 10.6 Å². The monoisotopic (exact) mass is 388 g/mol. The van der Waals surface area contributed by atoms with E-state index in [1.807, 2.05) is 68.1 Å². The topological polar surface area (TPSA) is 59.8 Å². The van der Waals surface area contributed by atoms with Crippen LogP contribution >= 0.6 is 22.9 Å². The normalized spacial score (nSPS) is 11.6. The second-order valence-electron chi connectivity index (χ2n) is 7.10. The van der Waals surface area contributed by atoms with Crippen LogP contribution in [0.4, 0.5) is 5.82 Å². The molecule has 1 amide bonds. The number of rotatable bonds is 4. The van der Waals surface area contributed by atoms with E-state index in [-0.39, 0.29) is 17.9 Å². The number of thiazole rings is 1. The molecule has 2 heterocycles. The minimum atomic E-state index is -0.214. The highest BCUT2D eigenvalue weighted by atomic mass is 35.5. The number of amides is 1. The van der Waals surface area contributed by atoms with E-state index >= 15 is 0 Å². The molecule has 0 saturated heterocycles. The van der Waals surface area contributed by atoms with Gasteiger partial charge in [-0.1, -0.05) is 29.8 Å². The summed E-state index contributed by atoms with van der Waals surface area (Å²) < 4.78 is 1.83. The number of halogens is 1. The molecule has 0 radical (unpaired) electrons. The molecule has 0 aliphatic carbocycles. The van der Waals surface area contributed by atoms with Gasteiger partial charge in [-0.2, -0.15) is 5.10 Å². The van der Waals surface area contributed by atoms with Crippen molar-refractivity contribution in [3.8, 4) is 10.6 Å². The van der Waals surface area contributed by atoms with Crippen LogP contribution in [0.3, 0.4) is 0 Å². The van der Waals surface area contributed by atoms with Gasteiger partial charge in [0.05, 0.1) is 28.4 Å². The maximum atomic E-state index is 12.5. The molecule has 3 rings (SSSR count). The van der Waals surface area contributed by atoms with Gasteiger partial charge in [0.25, 0.3) is 0 Å². The summed E-state index contributed by atoms with van der Waals surface area (Å²) in [5.41, 5.74) is 2.26. The van der Waals surface area contributed by atoms with Crippen molar-refractivity contribution in [1.29, 1.82) is 0 Å². The van der Waals surface area contributed by atoms with Crippen molar-refractivity contribution in [3.05, 3.63) is 52.1 Å².